The molecule has 4 nitrogen and oxygen atoms in total. The topological polar surface area (TPSA) is 41.6 Å². The van der Waals surface area contributed by atoms with Crippen molar-refractivity contribution in [3.05, 3.63) is 35.9 Å². The summed E-state index contributed by atoms with van der Waals surface area (Å²) in [5, 5.41) is 3.33. The van der Waals surface area contributed by atoms with E-state index in [0.29, 0.717) is 0 Å². The van der Waals surface area contributed by atoms with E-state index in [1.54, 1.807) is 0 Å². The lowest BCUT2D eigenvalue weighted by atomic mass is 10.1. The second-order valence-corrected chi connectivity index (χ2v) is 4.15. The summed E-state index contributed by atoms with van der Waals surface area (Å²) in [6, 6.07) is 8.09. The van der Waals surface area contributed by atoms with E-state index >= 15 is 0 Å². The van der Waals surface area contributed by atoms with Gasteiger partial charge in [0.1, 0.15) is 0 Å². The van der Waals surface area contributed by atoms with E-state index in [0.717, 1.165) is 31.7 Å². The number of esters is 1. The number of ether oxygens (including phenoxy) is 1. The van der Waals surface area contributed by atoms with Gasteiger partial charge in [0, 0.05) is 37.9 Å². The molecule has 1 saturated heterocycles. The Morgan fingerprint density at radius 2 is 2.00 bits per heavy atom. The van der Waals surface area contributed by atoms with E-state index in [4.69, 9.17) is 0 Å². The highest BCUT2D eigenvalue weighted by Crippen LogP contribution is 2.22. The first-order valence-corrected chi connectivity index (χ1v) is 6.12. The molecule has 1 N–H and O–H groups in total. The summed E-state index contributed by atoms with van der Waals surface area (Å²) in [7, 11) is 1.38. The van der Waals surface area contributed by atoms with Gasteiger partial charge in [-0.25, -0.2) is 4.79 Å². The molecule has 1 fully saturated rings. The zero-order valence-electron chi connectivity index (χ0n) is 11.0. The molecule has 5 heteroatoms. The minimum Gasteiger partial charge on any atom is -0.466 e. The van der Waals surface area contributed by atoms with Crippen molar-refractivity contribution in [1.82, 2.24) is 5.32 Å². The summed E-state index contributed by atoms with van der Waals surface area (Å²) in [6.07, 6.45) is 3.27. The van der Waals surface area contributed by atoms with Gasteiger partial charge in [-0.1, -0.05) is 18.2 Å². The fourth-order valence-corrected chi connectivity index (χ4v) is 2.05. The first-order chi connectivity index (χ1) is 8.81. The Hall–Kier alpha value is -1.52. The maximum absolute atomic E-state index is 11.1. The number of anilines is 1. The molecule has 1 aromatic carbocycles. The van der Waals surface area contributed by atoms with Crippen LogP contribution >= 0.6 is 12.4 Å². The maximum Gasteiger partial charge on any atom is 0.330 e. The van der Waals surface area contributed by atoms with E-state index in [-0.39, 0.29) is 18.4 Å². The van der Waals surface area contributed by atoms with Crippen molar-refractivity contribution in [2.24, 2.45) is 0 Å². The number of hydrogen-bond donors (Lipinski definition) is 1. The lowest BCUT2D eigenvalue weighted by Gasteiger charge is -2.30. The molecule has 0 saturated carbocycles. The van der Waals surface area contributed by atoms with E-state index in [9.17, 15) is 4.79 Å². The summed E-state index contributed by atoms with van der Waals surface area (Å²) in [5.74, 6) is -0.329. The molecular formula is C14H19ClN2O2. The van der Waals surface area contributed by atoms with Gasteiger partial charge >= 0.3 is 5.97 Å². The fraction of sp³-hybridized carbons (Fsp3) is 0.357. The van der Waals surface area contributed by atoms with E-state index in [1.165, 1.54) is 18.9 Å². The highest BCUT2D eigenvalue weighted by atomic mass is 35.5. The van der Waals surface area contributed by atoms with Crippen molar-refractivity contribution < 1.29 is 9.53 Å². The van der Waals surface area contributed by atoms with Crippen LogP contribution < -0.4 is 10.2 Å². The van der Waals surface area contributed by atoms with Crippen molar-refractivity contribution in [3.63, 3.8) is 0 Å². The highest BCUT2D eigenvalue weighted by molar-refractivity contribution is 5.88. The molecule has 1 aliphatic heterocycles. The highest BCUT2D eigenvalue weighted by Gasteiger charge is 2.12. The van der Waals surface area contributed by atoms with Gasteiger partial charge in [-0.3, -0.25) is 0 Å². The largest absolute Gasteiger partial charge is 0.466 e. The average molecular weight is 283 g/mol. The van der Waals surface area contributed by atoms with Crippen molar-refractivity contribution in [2.45, 2.75) is 0 Å². The van der Waals surface area contributed by atoms with Gasteiger partial charge in [0.05, 0.1) is 7.11 Å². The third kappa shape index (κ3) is 4.26. The molecule has 2 rings (SSSR count). The number of rotatable bonds is 3. The Kier molecular flexibility index (Phi) is 6.39. The predicted molar refractivity (Wildman–Crippen MR) is 79.8 cm³/mol. The number of carbonyl (C=O) groups is 1. The molecule has 0 aromatic heterocycles. The van der Waals surface area contributed by atoms with Crippen LogP contribution in [0.15, 0.2) is 30.3 Å². The summed E-state index contributed by atoms with van der Waals surface area (Å²) in [5.41, 5.74) is 2.21. The van der Waals surface area contributed by atoms with Gasteiger partial charge in [-0.05, 0) is 17.7 Å². The molecule has 19 heavy (non-hydrogen) atoms. The van der Waals surface area contributed by atoms with Crippen LogP contribution in [-0.2, 0) is 9.53 Å². The Labute approximate surface area is 119 Å². The Balaban J connectivity index is 0.00000180. The SMILES string of the molecule is COC(=O)C=Cc1ccccc1N1CCNCC1.Cl. The molecule has 0 bridgehead atoms. The van der Waals surface area contributed by atoms with E-state index < -0.39 is 0 Å². The van der Waals surface area contributed by atoms with Crippen molar-refractivity contribution in [3.8, 4) is 0 Å². The number of piperazine rings is 1. The molecule has 0 radical (unpaired) electrons. The number of para-hydroxylation sites is 1. The Morgan fingerprint density at radius 3 is 2.68 bits per heavy atom. The van der Waals surface area contributed by atoms with Crippen LogP contribution in [0, 0.1) is 0 Å². The van der Waals surface area contributed by atoms with Crippen LogP contribution in [0.4, 0.5) is 5.69 Å². The van der Waals surface area contributed by atoms with Gasteiger partial charge in [0.2, 0.25) is 0 Å². The van der Waals surface area contributed by atoms with Crippen LogP contribution in [0.5, 0.6) is 0 Å². The molecule has 0 amide bonds. The standard InChI is InChI=1S/C14H18N2O2.ClH/c1-18-14(17)7-6-12-4-2-3-5-13(12)16-10-8-15-9-11-16;/h2-7,15H,8-11H2,1H3;1H. The Bertz CT molecular complexity index is 443. The van der Waals surface area contributed by atoms with Crippen molar-refractivity contribution >= 4 is 30.1 Å². The summed E-state index contributed by atoms with van der Waals surface area (Å²) >= 11 is 0. The summed E-state index contributed by atoms with van der Waals surface area (Å²) < 4.78 is 4.61. The molecule has 0 atom stereocenters. The predicted octanol–water partition coefficient (Wildman–Crippen LogP) is 1.70. The van der Waals surface area contributed by atoms with Gasteiger partial charge in [0.25, 0.3) is 0 Å². The van der Waals surface area contributed by atoms with Crippen molar-refractivity contribution in [2.75, 3.05) is 38.2 Å². The molecule has 0 unspecified atom stereocenters. The molecule has 1 heterocycles. The van der Waals surface area contributed by atoms with E-state index in [2.05, 4.69) is 21.0 Å². The summed E-state index contributed by atoms with van der Waals surface area (Å²) in [6.45, 7) is 3.97. The van der Waals surface area contributed by atoms with Crippen LogP contribution in [0.3, 0.4) is 0 Å². The lowest BCUT2D eigenvalue weighted by Crippen LogP contribution is -2.43. The smallest absolute Gasteiger partial charge is 0.330 e. The number of halogens is 1. The molecule has 1 aliphatic rings. The summed E-state index contributed by atoms with van der Waals surface area (Å²) in [4.78, 5) is 13.5. The molecule has 1 aromatic rings. The first kappa shape index (κ1) is 15.5. The quantitative estimate of drug-likeness (QED) is 0.677. The number of nitrogens with zero attached hydrogens (tertiary/aromatic N) is 1. The monoisotopic (exact) mass is 282 g/mol. The second kappa shape index (κ2) is 7.81. The van der Waals surface area contributed by atoms with Gasteiger partial charge < -0.3 is 15.0 Å². The molecule has 0 aliphatic carbocycles. The molecule has 104 valence electrons. The maximum atomic E-state index is 11.1. The van der Waals surface area contributed by atoms with E-state index in [1.807, 2.05) is 24.3 Å². The Morgan fingerprint density at radius 1 is 1.32 bits per heavy atom. The van der Waals surface area contributed by atoms with Crippen LogP contribution in [0.1, 0.15) is 5.56 Å². The van der Waals surface area contributed by atoms with Crippen molar-refractivity contribution in [1.29, 1.82) is 0 Å². The number of carbonyl (C=O) groups excluding carboxylic acids is 1. The number of methoxy groups -OCH3 is 1. The average Bonchev–Trinajstić information content (AvgIpc) is 2.46. The number of nitrogens with one attached hydrogen (secondary N) is 1. The van der Waals surface area contributed by atoms with Gasteiger partial charge in [-0.15, -0.1) is 12.4 Å². The fourth-order valence-electron chi connectivity index (χ4n) is 2.05. The molecule has 0 spiro atoms. The second-order valence-electron chi connectivity index (χ2n) is 4.15. The number of benzene rings is 1. The zero-order chi connectivity index (χ0) is 12.8. The first-order valence-electron chi connectivity index (χ1n) is 6.12. The molecular weight excluding hydrogens is 264 g/mol. The zero-order valence-corrected chi connectivity index (χ0v) is 11.8. The van der Waals surface area contributed by atoms with Crippen LogP contribution in [0.25, 0.3) is 6.08 Å². The number of hydrogen-bond acceptors (Lipinski definition) is 4. The van der Waals surface area contributed by atoms with Crippen LogP contribution in [0.2, 0.25) is 0 Å². The lowest BCUT2D eigenvalue weighted by molar-refractivity contribution is -0.134. The third-order valence-electron chi connectivity index (χ3n) is 2.99. The van der Waals surface area contributed by atoms with Gasteiger partial charge in [0.15, 0.2) is 0 Å². The van der Waals surface area contributed by atoms with Crippen LogP contribution in [-0.4, -0.2) is 39.3 Å². The normalized spacial score (nSPS) is 15.1. The third-order valence-corrected chi connectivity index (χ3v) is 2.99. The minimum atomic E-state index is -0.329. The minimum absolute atomic E-state index is 0. The van der Waals surface area contributed by atoms with Gasteiger partial charge in [-0.2, -0.15) is 0 Å².